The third kappa shape index (κ3) is 16.6. The summed E-state index contributed by atoms with van der Waals surface area (Å²) in [6.07, 6.45) is 32.9. The first-order valence-electron chi connectivity index (χ1n) is 25.0. The van der Waals surface area contributed by atoms with Crippen molar-refractivity contribution in [2.45, 2.75) is 254 Å². The number of hydrogen-bond donors (Lipinski definition) is 2. The first kappa shape index (κ1) is 52.9. The lowest BCUT2D eigenvalue weighted by Gasteiger charge is -2.38. The van der Waals surface area contributed by atoms with Gasteiger partial charge >= 0.3 is 11.9 Å². The van der Waals surface area contributed by atoms with E-state index in [1.54, 1.807) is 6.92 Å². The molecule has 0 aromatic heterocycles. The third-order valence-electron chi connectivity index (χ3n) is 13.8. The molecule has 8 heteroatoms. The highest BCUT2D eigenvalue weighted by molar-refractivity contribution is 5.72. The summed E-state index contributed by atoms with van der Waals surface area (Å²) in [4.78, 5) is 22.1. The predicted molar refractivity (Wildman–Crippen MR) is 255 cm³/mol. The number of hydrogen-bond acceptors (Lipinski definition) is 6. The van der Waals surface area contributed by atoms with Gasteiger partial charge in [-0.2, -0.15) is 0 Å². The maximum atomic E-state index is 11.2. The van der Waals surface area contributed by atoms with Crippen LogP contribution in [-0.4, -0.2) is 46.6 Å². The Morgan fingerprint density at radius 3 is 1.63 bits per heavy atom. The van der Waals surface area contributed by atoms with Crippen LogP contribution in [0.4, 0.5) is 0 Å². The smallest absolute Gasteiger partial charge is 0.344 e. The van der Waals surface area contributed by atoms with Gasteiger partial charge in [0.1, 0.15) is 28.6 Å². The van der Waals surface area contributed by atoms with Gasteiger partial charge in [0.2, 0.25) is 0 Å². The van der Waals surface area contributed by atoms with E-state index < -0.39 is 18.0 Å². The van der Waals surface area contributed by atoms with E-state index >= 15 is 0 Å². The highest BCUT2D eigenvalue weighted by Crippen LogP contribution is 2.45. The average molecular weight is 865 g/mol. The van der Waals surface area contributed by atoms with E-state index in [1.807, 2.05) is 27.7 Å². The molecule has 2 aliphatic rings. The maximum Gasteiger partial charge on any atom is 0.344 e. The molecule has 0 amide bonds. The third-order valence-corrected chi connectivity index (χ3v) is 13.8. The van der Waals surface area contributed by atoms with Crippen molar-refractivity contribution >= 4 is 11.9 Å². The summed E-state index contributed by atoms with van der Waals surface area (Å²) in [6.45, 7) is 20.2. The molecule has 8 nitrogen and oxygen atoms in total. The van der Waals surface area contributed by atoms with Crippen molar-refractivity contribution in [3.63, 3.8) is 0 Å². The lowest BCUT2D eigenvalue weighted by Crippen LogP contribution is -2.37. The Hall–Kier alpha value is -3.42. The first-order chi connectivity index (χ1) is 29.6. The summed E-state index contributed by atoms with van der Waals surface area (Å²) >= 11 is 0. The molecule has 4 rings (SSSR count). The summed E-state index contributed by atoms with van der Waals surface area (Å²) in [7, 11) is 0. The molecular formula is C54H88O8. The lowest BCUT2D eigenvalue weighted by molar-refractivity contribution is -0.144. The molecule has 0 aliphatic carbocycles. The highest BCUT2D eigenvalue weighted by atomic mass is 16.5. The topological polar surface area (TPSA) is 112 Å². The average Bonchev–Trinajstić information content (AvgIpc) is 3.24. The van der Waals surface area contributed by atoms with Gasteiger partial charge in [0, 0.05) is 11.1 Å². The minimum absolute atomic E-state index is 0.114. The molecule has 0 saturated carbocycles. The van der Waals surface area contributed by atoms with Crippen molar-refractivity contribution in [3.05, 3.63) is 44.5 Å². The molecular weight excluding hydrogens is 777 g/mol. The van der Waals surface area contributed by atoms with Crippen molar-refractivity contribution < 1.29 is 38.7 Å². The van der Waals surface area contributed by atoms with Crippen molar-refractivity contribution in [2.75, 3.05) is 6.61 Å². The van der Waals surface area contributed by atoms with Crippen molar-refractivity contribution in [3.8, 4) is 23.0 Å². The second kappa shape index (κ2) is 27.7. The molecule has 352 valence electrons. The van der Waals surface area contributed by atoms with E-state index in [2.05, 4.69) is 34.6 Å². The van der Waals surface area contributed by atoms with Crippen LogP contribution < -0.4 is 18.9 Å². The minimum atomic E-state index is -0.948. The number of benzene rings is 2. The fourth-order valence-corrected chi connectivity index (χ4v) is 9.41. The number of unbranched alkanes of at least 4 members (excludes halogenated alkanes) is 18. The second-order valence-electron chi connectivity index (χ2n) is 19.0. The summed E-state index contributed by atoms with van der Waals surface area (Å²) in [6, 6.07) is 0. The summed E-state index contributed by atoms with van der Waals surface area (Å²) < 4.78 is 24.4. The van der Waals surface area contributed by atoms with Crippen LogP contribution in [0.1, 0.15) is 226 Å². The number of carbonyl (C=O) groups is 2. The quantitative estimate of drug-likeness (QED) is 0.0814. The number of ether oxygens (including phenoxy) is 4. The molecule has 2 heterocycles. The molecule has 0 spiro atoms. The van der Waals surface area contributed by atoms with E-state index in [0.29, 0.717) is 17.6 Å². The van der Waals surface area contributed by atoms with E-state index in [9.17, 15) is 9.59 Å². The number of aliphatic carboxylic acids is 2. The van der Waals surface area contributed by atoms with Crippen LogP contribution in [0, 0.1) is 41.5 Å². The SMILES string of the molecule is CCCCCCCCCCCCCCCCC[C@]1(C)CCc2c(C)c(OCC(=O)O)c(C)c(C)c2O1.CCCCCCC[C@@H]1CCc2c(C)c(OC(C)C(=O)O)c(C)c(C)c2O1. The van der Waals surface area contributed by atoms with E-state index in [4.69, 9.17) is 29.2 Å². The predicted octanol–water partition coefficient (Wildman–Crippen LogP) is 14.9. The minimum Gasteiger partial charge on any atom is -0.490 e. The summed E-state index contributed by atoms with van der Waals surface area (Å²) in [5.74, 6) is 1.53. The molecule has 0 saturated heterocycles. The van der Waals surface area contributed by atoms with Gasteiger partial charge in [0.15, 0.2) is 12.7 Å². The molecule has 1 unspecified atom stereocenters. The van der Waals surface area contributed by atoms with Crippen LogP contribution in [0.15, 0.2) is 0 Å². The fraction of sp³-hybridized carbons (Fsp3) is 0.741. The Kier molecular flexibility index (Phi) is 23.6. The molecule has 2 aromatic rings. The van der Waals surface area contributed by atoms with Crippen molar-refractivity contribution in [1.29, 1.82) is 0 Å². The Bertz CT molecular complexity index is 1680. The normalized spacial score (nSPS) is 17.2. The second-order valence-corrected chi connectivity index (χ2v) is 19.0. The van der Waals surface area contributed by atoms with E-state index in [0.717, 1.165) is 83.4 Å². The zero-order valence-electron chi connectivity index (χ0n) is 41.1. The van der Waals surface area contributed by atoms with Gasteiger partial charge in [0.25, 0.3) is 0 Å². The Labute approximate surface area is 377 Å². The summed E-state index contributed by atoms with van der Waals surface area (Å²) in [5.41, 5.74) is 8.45. The van der Waals surface area contributed by atoms with Gasteiger partial charge in [0.05, 0.1) is 6.10 Å². The van der Waals surface area contributed by atoms with Gasteiger partial charge < -0.3 is 29.2 Å². The number of carboxylic acids is 2. The van der Waals surface area contributed by atoms with Crippen LogP contribution in [0.5, 0.6) is 23.0 Å². The number of fused-ring (bicyclic) bond motifs is 2. The molecule has 2 N–H and O–H groups in total. The lowest BCUT2D eigenvalue weighted by atomic mass is 9.84. The Morgan fingerprint density at radius 1 is 0.629 bits per heavy atom. The van der Waals surface area contributed by atoms with Gasteiger partial charge in [-0.15, -0.1) is 0 Å². The molecule has 0 fully saturated rings. The molecule has 0 radical (unpaired) electrons. The first-order valence-corrected chi connectivity index (χ1v) is 25.0. The molecule has 2 aliphatic heterocycles. The summed E-state index contributed by atoms with van der Waals surface area (Å²) in [5, 5.41) is 18.2. The molecule has 0 bridgehead atoms. The molecule has 3 atom stereocenters. The van der Waals surface area contributed by atoms with Crippen molar-refractivity contribution in [1.82, 2.24) is 0 Å². The standard InChI is InChI=1S/C32H54O4.C22H34O4/c1-6-7-8-9-10-11-12-13-14-15-16-17-18-19-20-22-32(5)23-21-28-27(4)30(35-24-29(33)34)25(2)26(3)31(28)36-32;1-6-7-8-9-10-11-18-12-13-19-16(4)20(25-17(5)22(23)24)14(2)15(3)21(19)26-18/h6-24H2,1-5H3,(H,33,34);17-18H,6-13H2,1-5H3,(H,23,24)/t32-;17?,18-/m11/s1. The molecule has 62 heavy (non-hydrogen) atoms. The van der Waals surface area contributed by atoms with Crippen LogP contribution in [0.3, 0.4) is 0 Å². The monoisotopic (exact) mass is 865 g/mol. The molecule has 2 aromatic carbocycles. The van der Waals surface area contributed by atoms with Crippen LogP contribution in [-0.2, 0) is 22.4 Å². The van der Waals surface area contributed by atoms with Gasteiger partial charge in [-0.05, 0) is 140 Å². The number of rotatable bonds is 28. The zero-order chi connectivity index (χ0) is 45.7. The maximum absolute atomic E-state index is 11.2. The van der Waals surface area contributed by atoms with Crippen molar-refractivity contribution in [2.24, 2.45) is 0 Å². The van der Waals surface area contributed by atoms with Crippen LogP contribution in [0.2, 0.25) is 0 Å². The Morgan fingerprint density at radius 2 is 1.10 bits per heavy atom. The van der Waals surface area contributed by atoms with E-state index in [-0.39, 0.29) is 12.2 Å². The van der Waals surface area contributed by atoms with Gasteiger partial charge in [-0.1, -0.05) is 129 Å². The number of carboxylic acid groups (broad SMARTS) is 2. The highest BCUT2D eigenvalue weighted by Gasteiger charge is 2.34. The van der Waals surface area contributed by atoms with Gasteiger partial charge in [-0.25, -0.2) is 9.59 Å². The fourth-order valence-electron chi connectivity index (χ4n) is 9.41. The van der Waals surface area contributed by atoms with Crippen LogP contribution in [0.25, 0.3) is 0 Å². The largest absolute Gasteiger partial charge is 0.490 e. The zero-order valence-corrected chi connectivity index (χ0v) is 41.1. The Balaban J connectivity index is 0.000000348. The van der Waals surface area contributed by atoms with E-state index in [1.165, 1.54) is 140 Å². The van der Waals surface area contributed by atoms with Crippen LogP contribution >= 0.6 is 0 Å². The van der Waals surface area contributed by atoms with Gasteiger partial charge in [-0.3, -0.25) is 0 Å².